The van der Waals surface area contributed by atoms with Gasteiger partial charge in [0.25, 0.3) is 0 Å². The van der Waals surface area contributed by atoms with Crippen LogP contribution in [0.25, 0.3) is 0 Å². The van der Waals surface area contributed by atoms with Crippen molar-refractivity contribution >= 4 is 5.69 Å². The molecule has 1 aromatic carbocycles. The number of para-hydroxylation sites is 1. The second-order valence-corrected chi connectivity index (χ2v) is 3.61. The van der Waals surface area contributed by atoms with Gasteiger partial charge in [-0.2, -0.15) is 0 Å². The molecule has 5 nitrogen and oxygen atoms in total. The number of aliphatic hydroxyl groups excluding tert-OH is 1. The molecule has 0 fully saturated rings. The second kappa shape index (κ2) is 5.46. The van der Waals surface area contributed by atoms with Crippen LogP contribution in [-0.2, 0) is 6.42 Å². The molecule has 0 aromatic heterocycles. The molecule has 0 aliphatic carbocycles. The first-order valence-electron chi connectivity index (χ1n) is 5.04. The number of aliphatic hydroxyl groups is 1. The summed E-state index contributed by atoms with van der Waals surface area (Å²) in [6.45, 7) is 1.66. The largest absolute Gasteiger partial charge is 0.490 e. The molecule has 0 aliphatic heterocycles. The van der Waals surface area contributed by atoms with Crippen LogP contribution in [0.1, 0.15) is 18.9 Å². The molecule has 5 heteroatoms. The summed E-state index contributed by atoms with van der Waals surface area (Å²) >= 11 is 0. The van der Waals surface area contributed by atoms with Gasteiger partial charge in [-0.3, -0.25) is 10.1 Å². The van der Waals surface area contributed by atoms with E-state index in [1.807, 2.05) is 0 Å². The van der Waals surface area contributed by atoms with Gasteiger partial charge in [0, 0.05) is 5.56 Å². The third-order valence-electron chi connectivity index (χ3n) is 2.32. The van der Waals surface area contributed by atoms with E-state index < -0.39 is 11.0 Å². The van der Waals surface area contributed by atoms with Crippen LogP contribution in [-0.4, -0.2) is 23.2 Å². The number of nitro groups is 1. The van der Waals surface area contributed by atoms with Crippen molar-refractivity contribution < 1.29 is 14.8 Å². The standard InChI is InChI=1S/C11H15NO4/c1-8(13)6-7-9-4-3-5-10(16-2)11(9)12(14)15/h3-5,8,13H,6-7H2,1-2H3/t8-/m1/s1. The lowest BCUT2D eigenvalue weighted by Gasteiger charge is -2.07. The number of hydrogen-bond acceptors (Lipinski definition) is 4. The summed E-state index contributed by atoms with van der Waals surface area (Å²) in [5.41, 5.74) is 0.580. The predicted octanol–water partition coefficient (Wildman–Crippen LogP) is 1.92. The molecule has 0 saturated heterocycles. The van der Waals surface area contributed by atoms with Crippen LogP contribution in [0.15, 0.2) is 18.2 Å². The molecule has 0 aliphatic rings. The van der Waals surface area contributed by atoms with Crippen LogP contribution in [0.3, 0.4) is 0 Å². The maximum absolute atomic E-state index is 10.9. The fraction of sp³-hybridized carbons (Fsp3) is 0.455. The summed E-state index contributed by atoms with van der Waals surface area (Å²) in [5.74, 6) is 0.257. The summed E-state index contributed by atoms with van der Waals surface area (Å²) in [5, 5.41) is 20.1. The highest BCUT2D eigenvalue weighted by Crippen LogP contribution is 2.31. The Kier molecular flexibility index (Phi) is 4.25. The van der Waals surface area contributed by atoms with Crippen LogP contribution in [0.5, 0.6) is 5.75 Å². The van der Waals surface area contributed by atoms with E-state index in [1.54, 1.807) is 25.1 Å². The molecule has 88 valence electrons. The van der Waals surface area contributed by atoms with Gasteiger partial charge in [0.2, 0.25) is 0 Å². The van der Waals surface area contributed by atoms with E-state index in [1.165, 1.54) is 7.11 Å². The van der Waals surface area contributed by atoms with Crippen LogP contribution in [0.2, 0.25) is 0 Å². The molecule has 0 amide bonds. The summed E-state index contributed by atoms with van der Waals surface area (Å²) < 4.78 is 4.95. The average Bonchev–Trinajstić information content (AvgIpc) is 2.25. The quantitative estimate of drug-likeness (QED) is 0.613. The predicted molar refractivity (Wildman–Crippen MR) is 59.7 cm³/mol. The number of rotatable bonds is 5. The summed E-state index contributed by atoms with van der Waals surface area (Å²) in [4.78, 5) is 10.5. The highest BCUT2D eigenvalue weighted by molar-refractivity contribution is 5.52. The van der Waals surface area contributed by atoms with Crippen molar-refractivity contribution in [1.82, 2.24) is 0 Å². The lowest BCUT2D eigenvalue weighted by molar-refractivity contribution is -0.386. The Morgan fingerprint density at radius 2 is 2.25 bits per heavy atom. The molecular weight excluding hydrogens is 210 g/mol. The molecule has 1 aromatic rings. The van der Waals surface area contributed by atoms with E-state index in [0.717, 1.165) is 0 Å². The van der Waals surface area contributed by atoms with E-state index in [2.05, 4.69) is 0 Å². The molecule has 1 atom stereocenters. The normalized spacial score (nSPS) is 12.2. The highest BCUT2D eigenvalue weighted by Gasteiger charge is 2.19. The number of nitrogens with zero attached hydrogens (tertiary/aromatic N) is 1. The van der Waals surface area contributed by atoms with Gasteiger partial charge < -0.3 is 9.84 Å². The van der Waals surface area contributed by atoms with Crippen molar-refractivity contribution in [2.24, 2.45) is 0 Å². The van der Waals surface area contributed by atoms with Gasteiger partial charge in [0.1, 0.15) is 0 Å². The molecule has 1 N–H and O–H groups in total. The molecule has 0 radical (unpaired) electrons. The first-order chi connectivity index (χ1) is 7.56. The van der Waals surface area contributed by atoms with Crippen molar-refractivity contribution in [3.63, 3.8) is 0 Å². The average molecular weight is 225 g/mol. The Bertz CT molecular complexity index is 376. The first kappa shape index (κ1) is 12.4. The molecule has 0 saturated carbocycles. The molecular formula is C11H15NO4. The summed E-state index contributed by atoms with van der Waals surface area (Å²) in [7, 11) is 1.40. The van der Waals surface area contributed by atoms with E-state index in [-0.39, 0.29) is 11.4 Å². The van der Waals surface area contributed by atoms with Crippen LogP contribution in [0, 0.1) is 10.1 Å². The van der Waals surface area contributed by atoms with Crippen molar-refractivity contribution in [2.75, 3.05) is 7.11 Å². The van der Waals surface area contributed by atoms with Crippen molar-refractivity contribution in [3.8, 4) is 5.75 Å². The van der Waals surface area contributed by atoms with E-state index in [4.69, 9.17) is 9.84 Å². The topological polar surface area (TPSA) is 72.6 Å². The monoisotopic (exact) mass is 225 g/mol. The first-order valence-corrected chi connectivity index (χ1v) is 5.04. The van der Waals surface area contributed by atoms with E-state index in [0.29, 0.717) is 18.4 Å². The molecule has 0 bridgehead atoms. The number of aryl methyl sites for hydroxylation is 1. The lowest BCUT2D eigenvalue weighted by atomic mass is 10.0. The van der Waals surface area contributed by atoms with Crippen molar-refractivity contribution in [2.45, 2.75) is 25.9 Å². The van der Waals surface area contributed by atoms with Gasteiger partial charge in [0.15, 0.2) is 5.75 Å². The minimum absolute atomic E-state index is 0.00866. The SMILES string of the molecule is COc1cccc(CC[C@@H](C)O)c1[N+](=O)[O-]. The number of benzene rings is 1. The van der Waals surface area contributed by atoms with E-state index in [9.17, 15) is 10.1 Å². The zero-order chi connectivity index (χ0) is 12.1. The van der Waals surface area contributed by atoms with E-state index >= 15 is 0 Å². The Labute approximate surface area is 93.8 Å². The summed E-state index contributed by atoms with van der Waals surface area (Å²) in [6.07, 6.45) is 0.491. The van der Waals surface area contributed by atoms with Crippen LogP contribution in [0.4, 0.5) is 5.69 Å². The van der Waals surface area contributed by atoms with Crippen molar-refractivity contribution in [3.05, 3.63) is 33.9 Å². The Hall–Kier alpha value is -1.62. The Morgan fingerprint density at radius 3 is 2.75 bits per heavy atom. The second-order valence-electron chi connectivity index (χ2n) is 3.61. The van der Waals surface area contributed by atoms with Gasteiger partial charge in [-0.1, -0.05) is 12.1 Å². The van der Waals surface area contributed by atoms with Crippen LogP contribution >= 0.6 is 0 Å². The highest BCUT2D eigenvalue weighted by atomic mass is 16.6. The minimum Gasteiger partial charge on any atom is -0.490 e. The third-order valence-corrected chi connectivity index (χ3v) is 2.32. The lowest BCUT2D eigenvalue weighted by Crippen LogP contribution is -2.04. The zero-order valence-electron chi connectivity index (χ0n) is 9.34. The van der Waals surface area contributed by atoms with Gasteiger partial charge in [0.05, 0.1) is 18.1 Å². The molecule has 16 heavy (non-hydrogen) atoms. The number of methoxy groups -OCH3 is 1. The van der Waals surface area contributed by atoms with Gasteiger partial charge in [-0.15, -0.1) is 0 Å². The molecule has 0 heterocycles. The summed E-state index contributed by atoms with van der Waals surface area (Å²) in [6, 6.07) is 4.95. The maximum Gasteiger partial charge on any atom is 0.314 e. The molecule has 0 unspecified atom stereocenters. The number of hydrogen-bond donors (Lipinski definition) is 1. The molecule has 0 spiro atoms. The van der Waals surface area contributed by atoms with Gasteiger partial charge >= 0.3 is 5.69 Å². The smallest absolute Gasteiger partial charge is 0.314 e. The molecule has 1 rings (SSSR count). The number of ether oxygens (including phenoxy) is 1. The third kappa shape index (κ3) is 2.93. The van der Waals surface area contributed by atoms with Crippen LogP contribution < -0.4 is 4.74 Å². The Morgan fingerprint density at radius 1 is 1.56 bits per heavy atom. The minimum atomic E-state index is -0.467. The van der Waals surface area contributed by atoms with Gasteiger partial charge in [-0.25, -0.2) is 0 Å². The van der Waals surface area contributed by atoms with Crippen molar-refractivity contribution in [1.29, 1.82) is 0 Å². The fourth-order valence-corrected chi connectivity index (χ4v) is 1.51. The number of nitro benzene ring substituents is 1. The maximum atomic E-state index is 10.9. The van der Waals surface area contributed by atoms with Gasteiger partial charge in [-0.05, 0) is 25.8 Å². The Balaban J connectivity index is 3.02. The zero-order valence-corrected chi connectivity index (χ0v) is 9.34. The fourth-order valence-electron chi connectivity index (χ4n) is 1.51.